The van der Waals surface area contributed by atoms with Gasteiger partial charge in [0.1, 0.15) is 0 Å². The van der Waals surface area contributed by atoms with Crippen molar-refractivity contribution in [3.05, 3.63) is 64.1 Å². The number of hydrogen-bond donors (Lipinski definition) is 3. The third kappa shape index (κ3) is 11.3. The third-order valence-electron chi connectivity index (χ3n) is 2.72. The molecule has 0 saturated heterocycles. The monoisotopic (exact) mass is 373 g/mol. The molecule has 134 valence electrons. The molecule has 2 aromatic rings. The summed E-state index contributed by atoms with van der Waals surface area (Å²) >= 11 is 11.2. The van der Waals surface area contributed by atoms with Gasteiger partial charge in [-0.3, -0.25) is 0 Å². The smallest absolute Gasteiger partial charge is 0.0698 e. The summed E-state index contributed by atoms with van der Waals surface area (Å²) in [5.74, 6) is 0. The van der Waals surface area contributed by atoms with Gasteiger partial charge in [-0.2, -0.15) is 0 Å². The molecule has 0 amide bonds. The number of nitrogen functional groups attached to an aromatic ring is 1. The summed E-state index contributed by atoms with van der Waals surface area (Å²) in [4.78, 5) is 0. The van der Waals surface area contributed by atoms with E-state index in [1.54, 1.807) is 18.2 Å². The van der Waals surface area contributed by atoms with E-state index in [-0.39, 0.29) is 13.2 Å². The van der Waals surface area contributed by atoms with Crippen LogP contribution in [0, 0.1) is 0 Å². The second-order valence-electron chi connectivity index (χ2n) is 4.53. The summed E-state index contributed by atoms with van der Waals surface area (Å²) in [6, 6.07) is 15.6. The first kappa shape index (κ1) is 22.7. The predicted octanol–water partition coefficient (Wildman–Crippen LogP) is 3.81. The van der Waals surface area contributed by atoms with Crippen LogP contribution in [-0.2, 0) is 11.2 Å². The first-order valence-corrected chi connectivity index (χ1v) is 8.35. The minimum Gasteiger partial charge on any atom is -0.396 e. The van der Waals surface area contributed by atoms with Crippen molar-refractivity contribution in [3.8, 4) is 0 Å². The average molecular weight is 374 g/mol. The van der Waals surface area contributed by atoms with Crippen LogP contribution in [0.3, 0.4) is 0 Å². The molecule has 0 aliphatic rings. The van der Waals surface area contributed by atoms with Crippen molar-refractivity contribution in [1.29, 1.82) is 0 Å². The van der Waals surface area contributed by atoms with Crippen molar-refractivity contribution in [2.24, 2.45) is 0 Å². The SMILES string of the molecule is CCc1ccccc1.Nc1c(Cl)cccc1Cl.OCCOCCO. The topological polar surface area (TPSA) is 75.7 Å². The molecule has 0 saturated carbocycles. The van der Waals surface area contributed by atoms with Gasteiger partial charge in [-0.05, 0) is 24.1 Å². The van der Waals surface area contributed by atoms with Crippen molar-refractivity contribution >= 4 is 28.9 Å². The molecule has 4 N–H and O–H groups in total. The van der Waals surface area contributed by atoms with Crippen LogP contribution < -0.4 is 5.73 Å². The van der Waals surface area contributed by atoms with Crippen molar-refractivity contribution in [3.63, 3.8) is 0 Å². The van der Waals surface area contributed by atoms with E-state index < -0.39 is 0 Å². The van der Waals surface area contributed by atoms with E-state index in [0.717, 1.165) is 6.42 Å². The highest BCUT2D eigenvalue weighted by Crippen LogP contribution is 2.25. The summed E-state index contributed by atoms with van der Waals surface area (Å²) in [5, 5.41) is 17.2. The molecule has 0 unspecified atom stereocenters. The lowest BCUT2D eigenvalue weighted by Crippen LogP contribution is -2.03. The summed E-state index contributed by atoms with van der Waals surface area (Å²) < 4.78 is 4.63. The highest BCUT2D eigenvalue weighted by molar-refractivity contribution is 6.38. The largest absolute Gasteiger partial charge is 0.396 e. The Balaban J connectivity index is 0.000000334. The Morgan fingerprint density at radius 2 is 1.38 bits per heavy atom. The number of aryl methyl sites for hydroxylation is 1. The molecule has 0 bridgehead atoms. The Bertz CT molecular complexity index is 515. The standard InChI is InChI=1S/C8H10.C6H5Cl2N.C4H10O3/c1-2-8-6-4-3-5-7-8;7-4-2-1-3-5(8)6(4)9;5-1-3-7-4-2-6/h3-7H,2H2,1H3;1-3H,9H2;5-6H,1-4H2. The number of aliphatic hydroxyl groups excluding tert-OH is 2. The maximum absolute atomic E-state index is 8.09. The van der Waals surface area contributed by atoms with E-state index in [1.165, 1.54) is 5.56 Å². The van der Waals surface area contributed by atoms with Gasteiger partial charge in [0.05, 0.1) is 42.2 Å². The van der Waals surface area contributed by atoms with Gasteiger partial charge < -0.3 is 20.7 Å². The second-order valence-corrected chi connectivity index (χ2v) is 5.35. The maximum atomic E-state index is 8.09. The molecule has 0 atom stereocenters. The maximum Gasteiger partial charge on any atom is 0.0698 e. The Kier molecular flexibility index (Phi) is 14.4. The minimum atomic E-state index is 0.0278. The lowest BCUT2D eigenvalue weighted by atomic mass is 10.2. The number of aliphatic hydroxyl groups is 2. The zero-order valence-electron chi connectivity index (χ0n) is 13.8. The lowest BCUT2D eigenvalue weighted by Gasteiger charge is -1.96. The highest BCUT2D eigenvalue weighted by atomic mass is 35.5. The van der Waals surface area contributed by atoms with Gasteiger partial charge in [0, 0.05) is 0 Å². The van der Waals surface area contributed by atoms with Crippen LogP contribution in [0.25, 0.3) is 0 Å². The fourth-order valence-electron chi connectivity index (χ4n) is 1.46. The predicted molar refractivity (Wildman–Crippen MR) is 102 cm³/mol. The van der Waals surface area contributed by atoms with Gasteiger partial charge in [-0.25, -0.2) is 0 Å². The van der Waals surface area contributed by atoms with Gasteiger partial charge >= 0.3 is 0 Å². The zero-order valence-corrected chi connectivity index (χ0v) is 15.3. The zero-order chi connectivity index (χ0) is 18.2. The summed E-state index contributed by atoms with van der Waals surface area (Å²) in [6.07, 6.45) is 1.14. The van der Waals surface area contributed by atoms with Gasteiger partial charge in [-0.15, -0.1) is 0 Å². The van der Waals surface area contributed by atoms with E-state index in [1.807, 2.05) is 6.07 Å². The van der Waals surface area contributed by atoms with E-state index in [9.17, 15) is 0 Å². The minimum absolute atomic E-state index is 0.0278. The molecule has 0 spiro atoms. The molecule has 0 fully saturated rings. The second kappa shape index (κ2) is 15.2. The highest BCUT2D eigenvalue weighted by Gasteiger charge is 1.97. The van der Waals surface area contributed by atoms with Crippen molar-refractivity contribution in [1.82, 2.24) is 0 Å². The van der Waals surface area contributed by atoms with Crippen LogP contribution >= 0.6 is 23.2 Å². The van der Waals surface area contributed by atoms with Crippen LogP contribution in [-0.4, -0.2) is 36.6 Å². The van der Waals surface area contributed by atoms with E-state index in [4.69, 9.17) is 39.1 Å². The van der Waals surface area contributed by atoms with Crippen molar-refractivity contribution < 1.29 is 14.9 Å². The van der Waals surface area contributed by atoms with Crippen molar-refractivity contribution in [2.45, 2.75) is 13.3 Å². The van der Waals surface area contributed by atoms with Crippen molar-refractivity contribution in [2.75, 3.05) is 32.2 Å². The Morgan fingerprint density at radius 1 is 0.875 bits per heavy atom. The molecule has 4 nitrogen and oxygen atoms in total. The molecule has 6 heteroatoms. The Morgan fingerprint density at radius 3 is 1.71 bits per heavy atom. The van der Waals surface area contributed by atoms with Gasteiger partial charge in [0.2, 0.25) is 0 Å². The Labute approximate surface area is 153 Å². The lowest BCUT2D eigenvalue weighted by molar-refractivity contribution is 0.0650. The van der Waals surface area contributed by atoms with Crippen LogP contribution in [0.1, 0.15) is 12.5 Å². The quantitative estimate of drug-likeness (QED) is 0.550. The first-order valence-electron chi connectivity index (χ1n) is 7.59. The Hall–Kier alpha value is -1.30. The van der Waals surface area contributed by atoms with Gasteiger partial charge in [0.15, 0.2) is 0 Å². The number of anilines is 1. The van der Waals surface area contributed by atoms with Gasteiger partial charge in [0.25, 0.3) is 0 Å². The fraction of sp³-hybridized carbons (Fsp3) is 0.333. The molecular formula is C18H25Cl2NO3. The van der Waals surface area contributed by atoms with Crippen LogP contribution in [0.4, 0.5) is 5.69 Å². The van der Waals surface area contributed by atoms with E-state index in [0.29, 0.717) is 28.9 Å². The molecule has 0 radical (unpaired) electrons. The van der Waals surface area contributed by atoms with Crippen LogP contribution in [0.2, 0.25) is 10.0 Å². The first-order chi connectivity index (χ1) is 11.6. The normalized spacial score (nSPS) is 9.38. The summed E-state index contributed by atoms with van der Waals surface area (Å²) in [7, 11) is 0. The van der Waals surface area contributed by atoms with Crippen LogP contribution in [0.15, 0.2) is 48.5 Å². The molecule has 0 aliphatic heterocycles. The van der Waals surface area contributed by atoms with E-state index >= 15 is 0 Å². The number of ether oxygens (including phenoxy) is 1. The molecule has 0 heterocycles. The molecule has 0 aliphatic carbocycles. The molecule has 2 aromatic carbocycles. The third-order valence-corrected chi connectivity index (χ3v) is 3.38. The number of benzene rings is 2. The average Bonchev–Trinajstić information content (AvgIpc) is 2.62. The number of rotatable bonds is 5. The number of hydrogen-bond acceptors (Lipinski definition) is 4. The molecule has 24 heavy (non-hydrogen) atoms. The molecule has 0 aromatic heterocycles. The van der Waals surface area contributed by atoms with Crippen LogP contribution in [0.5, 0.6) is 0 Å². The fourth-order valence-corrected chi connectivity index (χ4v) is 1.85. The summed E-state index contributed by atoms with van der Waals surface area (Å²) in [6.45, 7) is 2.86. The van der Waals surface area contributed by atoms with E-state index in [2.05, 4.69) is 35.9 Å². The number of nitrogens with two attached hydrogens (primary N) is 1. The molecule has 2 rings (SSSR count). The number of halogens is 2. The summed E-state index contributed by atoms with van der Waals surface area (Å²) in [5.41, 5.74) is 7.27. The number of para-hydroxylation sites is 1. The van der Waals surface area contributed by atoms with Gasteiger partial charge in [-0.1, -0.05) is 66.5 Å². The molecular weight excluding hydrogens is 349 g/mol.